The van der Waals surface area contributed by atoms with Crippen molar-refractivity contribution in [1.82, 2.24) is 30.1 Å². The van der Waals surface area contributed by atoms with Crippen LogP contribution < -0.4 is 20.1 Å². The van der Waals surface area contributed by atoms with Gasteiger partial charge in [-0.2, -0.15) is 5.10 Å². The van der Waals surface area contributed by atoms with Gasteiger partial charge in [0.05, 0.1) is 33.1 Å². The summed E-state index contributed by atoms with van der Waals surface area (Å²) in [4.78, 5) is 32.5. The molecule has 0 radical (unpaired) electrons. The van der Waals surface area contributed by atoms with Crippen molar-refractivity contribution in [3.05, 3.63) is 42.2 Å². The van der Waals surface area contributed by atoms with Crippen LogP contribution in [0.15, 0.2) is 36.5 Å². The van der Waals surface area contributed by atoms with Crippen LogP contribution in [0.5, 0.6) is 11.5 Å². The van der Waals surface area contributed by atoms with Gasteiger partial charge in [-0.1, -0.05) is 0 Å². The molecule has 1 saturated carbocycles. The summed E-state index contributed by atoms with van der Waals surface area (Å²) in [5.41, 5.74) is 2.52. The number of morpholine rings is 1. The largest absolute Gasteiger partial charge is 0.493 e. The maximum Gasteiger partial charge on any atom is 0.272 e. The van der Waals surface area contributed by atoms with Crippen molar-refractivity contribution >= 4 is 17.5 Å². The summed E-state index contributed by atoms with van der Waals surface area (Å²) < 4.78 is 17.8. The molecule has 11 nitrogen and oxygen atoms in total. The third-order valence-corrected chi connectivity index (χ3v) is 7.76. The first-order chi connectivity index (χ1) is 19.6. The number of benzene rings is 1. The van der Waals surface area contributed by atoms with Gasteiger partial charge in [-0.15, -0.1) is 0 Å². The molecule has 1 aliphatic heterocycles. The Hall–Kier alpha value is -3.70. The van der Waals surface area contributed by atoms with Gasteiger partial charge in [0.2, 0.25) is 5.91 Å². The van der Waals surface area contributed by atoms with Crippen LogP contribution in [-0.4, -0.2) is 91.0 Å². The lowest BCUT2D eigenvalue weighted by atomic mass is 9.85. The molecule has 1 aromatic carbocycles. The summed E-state index contributed by atoms with van der Waals surface area (Å²) in [5.74, 6) is 1.13. The summed E-state index contributed by atoms with van der Waals surface area (Å²) in [6.07, 6.45) is 5.69. The molecule has 0 bridgehead atoms. The van der Waals surface area contributed by atoms with Crippen molar-refractivity contribution in [1.29, 1.82) is 0 Å². The zero-order chi connectivity index (χ0) is 27.9. The molecule has 3 aromatic rings. The van der Waals surface area contributed by atoms with E-state index in [0.717, 1.165) is 76.2 Å². The van der Waals surface area contributed by atoms with Gasteiger partial charge in [-0.3, -0.25) is 14.5 Å². The highest BCUT2D eigenvalue weighted by Crippen LogP contribution is 2.32. The van der Waals surface area contributed by atoms with Crippen molar-refractivity contribution in [2.24, 2.45) is 5.92 Å². The molecule has 3 heterocycles. The number of aromatic nitrogens is 3. The van der Waals surface area contributed by atoms with Crippen LogP contribution in [0.25, 0.3) is 16.9 Å². The van der Waals surface area contributed by atoms with E-state index in [0.29, 0.717) is 29.4 Å². The Morgan fingerprint density at radius 1 is 1.02 bits per heavy atom. The highest BCUT2D eigenvalue weighted by molar-refractivity contribution is 5.93. The molecule has 11 heteroatoms. The predicted octanol–water partition coefficient (Wildman–Crippen LogP) is 2.54. The monoisotopic (exact) mass is 550 g/mol. The second-order valence-corrected chi connectivity index (χ2v) is 10.3. The Morgan fingerprint density at radius 2 is 1.80 bits per heavy atom. The van der Waals surface area contributed by atoms with Gasteiger partial charge in [-0.05, 0) is 62.9 Å². The van der Waals surface area contributed by atoms with E-state index in [1.807, 2.05) is 24.3 Å². The third kappa shape index (κ3) is 6.53. The zero-order valence-corrected chi connectivity index (χ0v) is 23.2. The number of hydrogen-bond acceptors (Lipinski definition) is 8. The van der Waals surface area contributed by atoms with Crippen LogP contribution >= 0.6 is 0 Å². The fourth-order valence-corrected chi connectivity index (χ4v) is 5.46. The van der Waals surface area contributed by atoms with Gasteiger partial charge < -0.3 is 24.8 Å². The Kier molecular flexibility index (Phi) is 9.12. The number of carbonyl (C=O) groups is 2. The number of nitrogens with zero attached hydrogens (tertiary/aromatic N) is 4. The van der Waals surface area contributed by atoms with Crippen LogP contribution in [0.1, 0.15) is 42.6 Å². The molecular formula is C29H38N6O5. The molecule has 214 valence electrons. The Balaban J connectivity index is 1.13. The van der Waals surface area contributed by atoms with E-state index in [9.17, 15) is 9.59 Å². The van der Waals surface area contributed by atoms with Crippen molar-refractivity contribution in [3.63, 3.8) is 0 Å². The van der Waals surface area contributed by atoms with E-state index < -0.39 is 0 Å². The summed E-state index contributed by atoms with van der Waals surface area (Å²) >= 11 is 0. The minimum absolute atomic E-state index is 0.0000196. The molecule has 2 N–H and O–H groups in total. The van der Waals surface area contributed by atoms with Gasteiger partial charge in [0.15, 0.2) is 22.8 Å². The fourth-order valence-electron chi connectivity index (χ4n) is 5.46. The summed E-state index contributed by atoms with van der Waals surface area (Å²) in [6, 6.07) is 9.16. The van der Waals surface area contributed by atoms with Crippen LogP contribution in [-0.2, 0) is 9.53 Å². The molecule has 5 rings (SSSR count). The van der Waals surface area contributed by atoms with Crippen LogP contribution in [0.2, 0.25) is 0 Å². The van der Waals surface area contributed by atoms with Gasteiger partial charge >= 0.3 is 0 Å². The first kappa shape index (κ1) is 27.9. The fraction of sp³-hybridized carbons (Fsp3) is 0.517. The number of ether oxygens (including phenoxy) is 3. The Morgan fingerprint density at radius 3 is 2.55 bits per heavy atom. The molecule has 2 aliphatic rings. The lowest BCUT2D eigenvalue weighted by molar-refractivity contribution is -0.126. The van der Waals surface area contributed by atoms with E-state index in [-0.39, 0.29) is 23.8 Å². The van der Waals surface area contributed by atoms with Gasteiger partial charge in [0, 0.05) is 49.4 Å². The summed E-state index contributed by atoms with van der Waals surface area (Å²) in [7, 11) is 3.18. The van der Waals surface area contributed by atoms with Crippen molar-refractivity contribution in [2.75, 3.05) is 53.6 Å². The quantitative estimate of drug-likeness (QED) is 0.370. The molecular weight excluding hydrogens is 512 g/mol. The number of rotatable bonds is 10. The highest BCUT2D eigenvalue weighted by Gasteiger charge is 2.28. The number of carbonyl (C=O) groups excluding carboxylic acids is 2. The molecule has 40 heavy (non-hydrogen) atoms. The molecule has 0 atom stereocenters. The van der Waals surface area contributed by atoms with Crippen molar-refractivity contribution in [2.45, 2.75) is 38.1 Å². The normalized spacial score (nSPS) is 19.8. The van der Waals surface area contributed by atoms with Crippen LogP contribution in [0, 0.1) is 5.92 Å². The number of nitrogens with one attached hydrogen (secondary N) is 2. The van der Waals surface area contributed by atoms with Crippen LogP contribution in [0.4, 0.5) is 0 Å². The molecule has 1 aliphatic carbocycles. The second kappa shape index (κ2) is 13.1. The lowest BCUT2D eigenvalue weighted by Crippen LogP contribution is -2.41. The SMILES string of the molecule is COc1ccc(-c2ccnc3cc(C(=O)N[C@H]4CC[C@H](C(=O)NCCCN5CCOCC5)CC4)nn23)cc1OC. The number of methoxy groups -OCH3 is 2. The Labute approximate surface area is 234 Å². The number of amides is 2. The zero-order valence-electron chi connectivity index (χ0n) is 23.2. The minimum Gasteiger partial charge on any atom is -0.493 e. The third-order valence-electron chi connectivity index (χ3n) is 7.76. The van der Waals surface area contributed by atoms with Gasteiger partial charge in [0.25, 0.3) is 5.91 Å². The first-order valence-corrected chi connectivity index (χ1v) is 14.0. The Bertz CT molecular complexity index is 1310. The topological polar surface area (TPSA) is 119 Å². The van der Waals surface area contributed by atoms with Crippen LogP contribution in [0.3, 0.4) is 0 Å². The molecule has 0 spiro atoms. The van der Waals surface area contributed by atoms with Gasteiger partial charge in [-0.25, -0.2) is 9.50 Å². The minimum atomic E-state index is -0.236. The second-order valence-electron chi connectivity index (χ2n) is 10.3. The molecule has 2 fully saturated rings. The van der Waals surface area contributed by atoms with E-state index >= 15 is 0 Å². The van der Waals surface area contributed by atoms with E-state index in [2.05, 4.69) is 25.6 Å². The molecule has 2 aromatic heterocycles. The van der Waals surface area contributed by atoms with E-state index in [1.54, 1.807) is 31.0 Å². The average molecular weight is 551 g/mol. The number of hydrogen-bond donors (Lipinski definition) is 2. The molecule has 1 saturated heterocycles. The average Bonchev–Trinajstić information content (AvgIpc) is 3.45. The summed E-state index contributed by atoms with van der Waals surface area (Å²) in [5, 5.41) is 10.8. The molecule has 0 unspecified atom stereocenters. The summed E-state index contributed by atoms with van der Waals surface area (Å²) in [6.45, 7) is 5.19. The smallest absolute Gasteiger partial charge is 0.272 e. The first-order valence-electron chi connectivity index (χ1n) is 14.0. The molecule has 2 amide bonds. The predicted molar refractivity (Wildman–Crippen MR) is 150 cm³/mol. The van der Waals surface area contributed by atoms with Gasteiger partial charge in [0.1, 0.15) is 0 Å². The van der Waals surface area contributed by atoms with E-state index in [1.165, 1.54) is 0 Å². The maximum atomic E-state index is 13.1. The van der Waals surface area contributed by atoms with Crippen molar-refractivity contribution in [3.8, 4) is 22.8 Å². The van der Waals surface area contributed by atoms with Crippen molar-refractivity contribution < 1.29 is 23.8 Å². The maximum absolute atomic E-state index is 13.1. The van der Waals surface area contributed by atoms with E-state index in [4.69, 9.17) is 14.2 Å². The lowest BCUT2D eigenvalue weighted by Gasteiger charge is -2.28. The standard InChI is InChI=1S/C29H38N6O5/c1-38-25-9-6-21(18-26(25)39-2)24-10-12-30-27-19-23(33-35(24)27)29(37)32-22-7-4-20(5-8-22)28(36)31-11-3-13-34-14-16-40-17-15-34/h6,9-10,12,18-20,22H,3-5,7-8,11,13-17H2,1-2H3,(H,31,36)(H,32,37)/t20-,22-. The highest BCUT2D eigenvalue weighted by atomic mass is 16.5. The number of fused-ring (bicyclic) bond motifs is 1.